The number of halogens is 2. The molecule has 1 heterocycles. The lowest BCUT2D eigenvalue weighted by Gasteiger charge is -2.23. The first-order valence-electron chi connectivity index (χ1n) is 18.1. The van der Waals surface area contributed by atoms with E-state index in [1.807, 2.05) is 64.1 Å². The van der Waals surface area contributed by atoms with Gasteiger partial charge in [0.1, 0.15) is 11.3 Å². The fourth-order valence-corrected chi connectivity index (χ4v) is 9.24. The van der Waals surface area contributed by atoms with Crippen LogP contribution in [0.5, 0.6) is 0 Å². The summed E-state index contributed by atoms with van der Waals surface area (Å²) < 4.78 is 96.8. The molecule has 0 radical (unpaired) electrons. The van der Waals surface area contributed by atoms with Gasteiger partial charge in [-0.1, -0.05) is 65.6 Å². The number of benzene rings is 5. The van der Waals surface area contributed by atoms with Gasteiger partial charge in [0.2, 0.25) is 0 Å². The SMILES string of the molecule is CCC(C)(C)C(=O)OCC(F)(F)S(=O)(=O)NS(=O)(=O)c1ccccc1-c1c2cc/c(=N\c3c(C)cccc3C)cc-2oc2cc(Nc3c(C)cccc3C)ccc12. The van der Waals surface area contributed by atoms with Gasteiger partial charge in [0, 0.05) is 45.6 Å². The summed E-state index contributed by atoms with van der Waals surface area (Å²) in [4.78, 5) is 16.7. The van der Waals surface area contributed by atoms with Crippen molar-refractivity contribution in [2.75, 3.05) is 11.9 Å². The molecule has 2 aliphatic rings. The molecule has 0 bridgehead atoms. The second-order valence-electron chi connectivity index (χ2n) is 14.6. The average Bonchev–Trinajstić information content (AvgIpc) is 3.15. The molecule has 0 spiro atoms. The number of aryl methyl sites for hydroxylation is 4. The maximum absolute atomic E-state index is 15.2. The summed E-state index contributed by atoms with van der Waals surface area (Å²) in [5.74, 6) is -0.732. The Balaban J connectivity index is 1.51. The van der Waals surface area contributed by atoms with Gasteiger partial charge in [-0.2, -0.15) is 8.78 Å². The van der Waals surface area contributed by atoms with Crippen molar-refractivity contribution in [3.05, 3.63) is 125 Å². The number of fused-ring (bicyclic) bond motifs is 2. The van der Waals surface area contributed by atoms with Crippen LogP contribution in [-0.2, 0) is 29.6 Å². The highest BCUT2D eigenvalue weighted by molar-refractivity contribution is 8.05. The Kier molecular flexibility index (Phi) is 11.2. The maximum atomic E-state index is 15.2. The Morgan fingerprint density at radius 3 is 2.07 bits per heavy atom. The highest BCUT2D eigenvalue weighted by atomic mass is 32.3. The number of carbonyl (C=O) groups is 1. The van der Waals surface area contributed by atoms with Crippen molar-refractivity contribution in [3.8, 4) is 22.5 Å². The Labute approximate surface area is 331 Å². The van der Waals surface area contributed by atoms with Crippen LogP contribution in [0.3, 0.4) is 0 Å². The van der Waals surface area contributed by atoms with Crippen molar-refractivity contribution in [2.24, 2.45) is 10.4 Å². The molecule has 57 heavy (non-hydrogen) atoms. The Hall–Kier alpha value is -5.44. The standard InChI is InChI=1S/C43H43F2N3O7S2/c1-8-42(6,7)41(49)54-25-43(44,45)57(52,53)48-56(50,51)37-18-10-9-17-34(37)38-32-21-19-30(46-39-26(2)13-11-14-27(39)3)23-35(32)55-36-24-31(20-22-33(36)38)47-40-28(4)15-12-16-29(40)5/h9-24,46,48H,8,25H2,1-7H3/b47-31+. The van der Waals surface area contributed by atoms with Crippen LogP contribution in [-0.4, -0.2) is 34.7 Å². The first kappa shape index (κ1) is 41.2. The fourth-order valence-electron chi connectivity index (χ4n) is 6.31. The van der Waals surface area contributed by atoms with Gasteiger partial charge >= 0.3 is 11.2 Å². The number of alkyl halides is 2. The topological polar surface area (TPSA) is 144 Å². The zero-order valence-electron chi connectivity index (χ0n) is 32.5. The molecular formula is C43H43F2N3O7S2. The Bertz CT molecular complexity index is 2760. The third-order valence-electron chi connectivity index (χ3n) is 10.0. The van der Waals surface area contributed by atoms with Gasteiger partial charge in [-0.15, -0.1) is 0 Å². The summed E-state index contributed by atoms with van der Waals surface area (Å²) in [5.41, 5.74) is 6.27. The first-order valence-corrected chi connectivity index (χ1v) is 21.1. The van der Waals surface area contributed by atoms with Crippen molar-refractivity contribution in [2.45, 2.75) is 65.0 Å². The molecule has 1 aliphatic carbocycles. The van der Waals surface area contributed by atoms with Crippen LogP contribution in [0.2, 0.25) is 0 Å². The zero-order valence-corrected chi connectivity index (χ0v) is 34.2. The van der Waals surface area contributed by atoms with Crippen molar-refractivity contribution in [1.82, 2.24) is 4.13 Å². The van der Waals surface area contributed by atoms with E-state index < -0.39 is 48.2 Å². The van der Waals surface area contributed by atoms with Crippen LogP contribution in [0.15, 0.2) is 111 Å². The van der Waals surface area contributed by atoms with E-state index >= 15 is 8.78 Å². The maximum Gasteiger partial charge on any atom is 0.393 e. The number of nitrogens with zero attached hydrogens (tertiary/aromatic N) is 1. The average molecular weight is 816 g/mol. The van der Waals surface area contributed by atoms with Crippen LogP contribution in [0, 0.1) is 33.1 Å². The third kappa shape index (κ3) is 8.34. The predicted octanol–water partition coefficient (Wildman–Crippen LogP) is 9.59. The van der Waals surface area contributed by atoms with E-state index in [1.165, 1.54) is 30.1 Å². The van der Waals surface area contributed by atoms with Crippen LogP contribution >= 0.6 is 0 Å². The highest BCUT2D eigenvalue weighted by Crippen LogP contribution is 2.43. The van der Waals surface area contributed by atoms with Gasteiger partial charge in [-0.3, -0.25) is 4.79 Å². The molecule has 0 saturated heterocycles. The van der Waals surface area contributed by atoms with Crippen molar-refractivity contribution >= 4 is 54.0 Å². The van der Waals surface area contributed by atoms with Crippen molar-refractivity contribution in [3.63, 3.8) is 0 Å². The number of hydrogen-bond acceptors (Lipinski definition) is 9. The van der Waals surface area contributed by atoms with Gasteiger partial charge in [-0.25, -0.2) is 21.8 Å². The van der Waals surface area contributed by atoms with E-state index in [0.29, 0.717) is 38.9 Å². The summed E-state index contributed by atoms with van der Waals surface area (Å²) >= 11 is 0. The molecule has 14 heteroatoms. The number of rotatable bonds is 12. The molecule has 10 nitrogen and oxygen atoms in total. The lowest BCUT2D eigenvalue weighted by Crippen LogP contribution is -2.46. The molecular weight excluding hydrogens is 773 g/mol. The molecule has 0 unspecified atom stereocenters. The number of carbonyl (C=O) groups excluding carboxylic acids is 1. The third-order valence-corrected chi connectivity index (χ3v) is 13.6. The second kappa shape index (κ2) is 15.5. The summed E-state index contributed by atoms with van der Waals surface area (Å²) in [7, 11) is -11.2. The van der Waals surface area contributed by atoms with Crippen LogP contribution in [0.25, 0.3) is 33.4 Å². The molecule has 2 N–H and O–H groups in total. The minimum absolute atomic E-state index is 0.0142. The number of hydrogen-bond donors (Lipinski definition) is 2. The number of esters is 1. The number of sulfonamides is 2. The number of para-hydroxylation sites is 2. The normalized spacial score (nSPS) is 13.0. The summed E-state index contributed by atoms with van der Waals surface area (Å²) in [6, 6.07) is 27.7. The second-order valence-corrected chi connectivity index (χ2v) is 18.4. The van der Waals surface area contributed by atoms with Gasteiger partial charge in [0.25, 0.3) is 20.0 Å². The van der Waals surface area contributed by atoms with Crippen molar-refractivity contribution < 1.29 is 39.6 Å². The summed E-state index contributed by atoms with van der Waals surface area (Å²) in [6.45, 7) is 10.5. The molecule has 1 aliphatic heterocycles. The first-order chi connectivity index (χ1) is 26.7. The molecule has 0 atom stereocenters. The molecule has 0 fully saturated rings. The fraction of sp³-hybridized carbons (Fsp3) is 0.256. The lowest BCUT2D eigenvalue weighted by atomic mass is 9.91. The number of ether oxygens (including phenoxy) is 1. The van der Waals surface area contributed by atoms with E-state index in [-0.39, 0.29) is 12.0 Å². The minimum atomic E-state index is -5.97. The van der Waals surface area contributed by atoms with E-state index in [9.17, 15) is 21.6 Å². The molecule has 0 aromatic heterocycles. The van der Waals surface area contributed by atoms with E-state index in [0.717, 1.165) is 39.7 Å². The number of nitrogens with one attached hydrogen (secondary N) is 2. The lowest BCUT2D eigenvalue weighted by molar-refractivity contribution is -0.159. The summed E-state index contributed by atoms with van der Waals surface area (Å²) in [6.07, 6.45) is 0.232. The molecule has 4 aromatic rings. The number of anilines is 2. The van der Waals surface area contributed by atoms with Gasteiger partial charge < -0.3 is 14.5 Å². The largest absolute Gasteiger partial charge is 0.458 e. The van der Waals surface area contributed by atoms with Crippen LogP contribution in [0.4, 0.5) is 25.8 Å². The van der Waals surface area contributed by atoms with Crippen molar-refractivity contribution in [1.29, 1.82) is 0 Å². The molecule has 298 valence electrons. The summed E-state index contributed by atoms with van der Waals surface area (Å²) in [5, 5.41) is -0.343. The minimum Gasteiger partial charge on any atom is -0.458 e. The highest BCUT2D eigenvalue weighted by Gasteiger charge is 2.50. The smallest absolute Gasteiger partial charge is 0.393 e. The van der Waals surface area contributed by atoms with Gasteiger partial charge in [-0.05, 0) is 101 Å². The van der Waals surface area contributed by atoms with E-state index in [4.69, 9.17) is 9.41 Å². The molecule has 4 aromatic carbocycles. The van der Waals surface area contributed by atoms with Gasteiger partial charge in [0.15, 0.2) is 6.61 Å². The Morgan fingerprint density at radius 2 is 1.42 bits per heavy atom. The quantitative estimate of drug-likeness (QED) is 0.0919. The van der Waals surface area contributed by atoms with E-state index in [2.05, 4.69) is 10.1 Å². The predicted molar refractivity (Wildman–Crippen MR) is 218 cm³/mol. The Morgan fingerprint density at radius 1 is 0.789 bits per heavy atom. The van der Waals surface area contributed by atoms with Gasteiger partial charge in [0.05, 0.1) is 21.4 Å². The van der Waals surface area contributed by atoms with E-state index in [1.54, 1.807) is 49.4 Å². The van der Waals surface area contributed by atoms with Crippen LogP contribution in [0.1, 0.15) is 49.4 Å². The van der Waals surface area contributed by atoms with Crippen LogP contribution < -0.4 is 14.8 Å². The molecule has 6 rings (SSSR count). The zero-order chi connectivity index (χ0) is 41.5. The molecule has 0 saturated carbocycles. The monoisotopic (exact) mass is 815 g/mol. The molecule has 0 amide bonds.